The maximum atomic E-state index is 12.7. The van der Waals surface area contributed by atoms with Gasteiger partial charge in [-0.2, -0.15) is 0 Å². The molecule has 26 heavy (non-hydrogen) atoms. The van der Waals surface area contributed by atoms with Crippen molar-refractivity contribution in [3.63, 3.8) is 0 Å². The second-order valence-electron chi connectivity index (χ2n) is 6.79. The first kappa shape index (κ1) is 16.6. The van der Waals surface area contributed by atoms with Gasteiger partial charge in [0, 0.05) is 38.3 Å². The van der Waals surface area contributed by atoms with E-state index in [0.29, 0.717) is 0 Å². The summed E-state index contributed by atoms with van der Waals surface area (Å²) in [5.41, 5.74) is 4.14. The van der Waals surface area contributed by atoms with E-state index >= 15 is 0 Å². The molecule has 0 spiro atoms. The summed E-state index contributed by atoms with van der Waals surface area (Å²) in [5.74, 6) is 1.13. The Morgan fingerprint density at radius 2 is 1.69 bits per heavy atom. The number of aryl methyl sites for hydroxylation is 2. The highest BCUT2D eigenvalue weighted by Gasteiger charge is 2.25. The fourth-order valence-electron chi connectivity index (χ4n) is 3.60. The average molecular weight is 348 g/mol. The Morgan fingerprint density at radius 3 is 2.38 bits per heavy atom. The monoisotopic (exact) mass is 348 g/mol. The molecule has 2 aromatic carbocycles. The summed E-state index contributed by atoms with van der Waals surface area (Å²) in [7, 11) is 0. The lowest BCUT2D eigenvalue weighted by Crippen LogP contribution is -2.49. The summed E-state index contributed by atoms with van der Waals surface area (Å²) in [5, 5.41) is 0. The number of hydrogen-bond donors (Lipinski definition) is 0. The van der Waals surface area contributed by atoms with Crippen LogP contribution in [0, 0.1) is 6.92 Å². The normalized spacial score (nSPS) is 14.8. The second-order valence-corrected chi connectivity index (χ2v) is 6.79. The minimum atomic E-state index is 0.119. The molecule has 0 bridgehead atoms. The van der Waals surface area contributed by atoms with E-state index in [2.05, 4.69) is 34.6 Å². The number of para-hydroxylation sites is 2. The molecule has 0 radical (unpaired) electrons. The number of fused-ring (bicyclic) bond motifs is 1. The van der Waals surface area contributed by atoms with Crippen molar-refractivity contribution in [1.82, 2.24) is 14.5 Å². The second kappa shape index (κ2) is 6.83. The van der Waals surface area contributed by atoms with Gasteiger partial charge in [-0.05, 0) is 38.1 Å². The van der Waals surface area contributed by atoms with E-state index < -0.39 is 0 Å². The quantitative estimate of drug-likeness (QED) is 0.729. The van der Waals surface area contributed by atoms with Gasteiger partial charge in [-0.15, -0.1) is 0 Å². The van der Waals surface area contributed by atoms with Gasteiger partial charge < -0.3 is 14.4 Å². The Kier molecular flexibility index (Phi) is 4.37. The van der Waals surface area contributed by atoms with Crippen LogP contribution >= 0.6 is 0 Å². The van der Waals surface area contributed by atoms with E-state index in [9.17, 15) is 4.79 Å². The molecule has 1 aliphatic heterocycles. The molecule has 134 valence electrons. The summed E-state index contributed by atoms with van der Waals surface area (Å²) in [6.07, 6.45) is 0. The van der Waals surface area contributed by atoms with E-state index in [-0.39, 0.29) is 5.91 Å². The minimum absolute atomic E-state index is 0.119. The number of carbonyl (C=O) groups is 1. The van der Waals surface area contributed by atoms with Crippen molar-refractivity contribution >= 4 is 22.9 Å². The summed E-state index contributed by atoms with van der Waals surface area (Å²) in [4.78, 5) is 21.8. The van der Waals surface area contributed by atoms with Gasteiger partial charge in [0.2, 0.25) is 5.95 Å². The third-order valence-corrected chi connectivity index (χ3v) is 5.10. The summed E-state index contributed by atoms with van der Waals surface area (Å²) in [6.45, 7) is 8.13. The number of nitrogens with zero attached hydrogens (tertiary/aromatic N) is 4. The number of carbonyl (C=O) groups excluding carboxylic acids is 1. The van der Waals surface area contributed by atoms with Gasteiger partial charge >= 0.3 is 0 Å². The molecular formula is C21H24N4O. The van der Waals surface area contributed by atoms with Crippen LogP contribution < -0.4 is 4.90 Å². The first-order valence-corrected chi connectivity index (χ1v) is 9.23. The third-order valence-electron chi connectivity index (χ3n) is 5.10. The summed E-state index contributed by atoms with van der Waals surface area (Å²) < 4.78 is 2.26. The highest BCUT2D eigenvalue weighted by Crippen LogP contribution is 2.23. The van der Waals surface area contributed by atoms with Gasteiger partial charge in [-0.3, -0.25) is 4.79 Å². The van der Waals surface area contributed by atoms with Crippen LogP contribution in [-0.2, 0) is 6.54 Å². The van der Waals surface area contributed by atoms with Gasteiger partial charge in [0.25, 0.3) is 5.91 Å². The zero-order valence-corrected chi connectivity index (χ0v) is 15.4. The molecule has 4 rings (SSSR count). The van der Waals surface area contributed by atoms with Crippen molar-refractivity contribution in [2.45, 2.75) is 20.4 Å². The smallest absolute Gasteiger partial charge is 0.253 e. The van der Waals surface area contributed by atoms with Crippen molar-refractivity contribution in [2.75, 3.05) is 31.1 Å². The van der Waals surface area contributed by atoms with Crippen molar-refractivity contribution in [3.8, 4) is 0 Å². The van der Waals surface area contributed by atoms with Gasteiger partial charge in [0.05, 0.1) is 11.0 Å². The van der Waals surface area contributed by atoms with Crippen LogP contribution in [0.5, 0.6) is 0 Å². The fraction of sp³-hybridized carbons (Fsp3) is 0.333. The molecule has 0 N–H and O–H groups in total. The Bertz CT molecular complexity index is 921. The number of hydrogen-bond acceptors (Lipinski definition) is 3. The van der Waals surface area contributed by atoms with Crippen LogP contribution in [-0.4, -0.2) is 46.5 Å². The number of aromatic nitrogens is 2. The third kappa shape index (κ3) is 2.94. The molecule has 1 saturated heterocycles. The average Bonchev–Trinajstić information content (AvgIpc) is 3.07. The Labute approximate surface area is 153 Å². The summed E-state index contributed by atoms with van der Waals surface area (Å²) >= 11 is 0. The molecule has 1 fully saturated rings. The lowest BCUT2D eigenvalue weighted by molar-refractivity contribution is 0.0746. The zero-order valence-electron chi connectivity index (χ0n) is 15.4. The number of piperazine rings is 1. The molecule has 0 aliphatic carbocycles. The molecule has 0 atom stereocenters. The summed E-state index contributed by atoms with van der Waals surface area (Å²) in [6, 6.07) is 16.1. The molecule has 5 heteroatoms. The minimum Gasteiger partial charge on any atom is -0.339 e. The van der Waals surface area contributed by atoms with E-state index in [1.54, 1.807) is 0 Å². The zero-order chi connectivity index (χ0) is 18.1. The SMILES string of the molecule is CCn1c(N2CCN(C(=O)c3ccc(C)cc3)CC2)nc2ccccc21. The highest BCUT2D eigenvalue weighted by molar-refractivity contribution is 5.94. The maximum absolute atomic E-state index is 12.7. The van der Waals surface area contributed by atoms with Crippen LogP contribution in [0.1, 0.15) is 22.8 Å². The standard InChI is InChI=1S/C21H24N4O/c1-3-25-19-7-5-4-6-18(19)22-21(25)24-14-12-23(13-15-24)20(26)17-10-8-16(2)9-11-17/h4-11H,3,12-15H2,1-2H3. The largest absolute Gasteiger partial charge is 0.339 e. The van der Waals surface area contributed by atoms with Crippen molar-refractivity contribution in [1.29, 1.82) is 0 Å². The first-order valence-electron chi connectivity index (χ1n) is 9.23. The van der Waals surface area contributed by atoms with Crippen LogP contribution in [0.15, 0.2) is 48.5 Å². The molecule has 1 amide bonds. The van der Waals surface area contributed by atoms with Gasteiger partial charge in [-0.25, -0.2) is 4.98 Å². The van der Waals surface area contributed by atoms with Crippen molar-refractivity contribution in [2.24, 2.45) is 0 Å². The molecule has 0 saturated carbocycles. The molecule has 2 heterocycles. The predicted molar refractivity (Wildman–Crippen MR) is 105 cm³/mol. The van der Waals surface area contributed by atoms with E-state index in [1.807, 2.05) is 42.2 Å². The van der Waals surface area contributed by atoms with E-state index in [1.165, 1.54) is 11.1 Å². The van der Waals surface area contributed by atoms with Crippen LogP contribution in [0.3, 0.4) is 0 Å². The molecule has 1 aliphatic rings. The fourth-order valence-corrected chi connectivity index (χ4v) is 3.60. The predicted octanol–water partition coefficient (Wildman–Crippen LogP) is 3.33. The van der Waals surface area contributed by atoms with Crippen LogP contribution in [0.2, 0.25) is 0 Å². The van der Waals surface area contributed by atoms with Crippen molar-refractivity contribution < 1.29 is 4.79 Å². The van der Waals surface area contributed by atoms with Gasteiger partial charge in [-0.1, -0.05) is 29.8 Å². The molecular weight excluding hydrogens is 324 g/mol. The first-order chi connectivity index (χ1) is 12.7. The van der Waals surface area contributed by atoms with Crippen LogP contribution in [0.25, 0.3) is 11.0 Å². The van der Waals surface area contributed by atoms with Crippen LogP contribution in [0.4, 0.5) is 5.95 Å². The van der Waals surface area contributed by atoms with E-state index in [0.717, 1.165) is 49.8 Å². The highest BCUT2D eigenvalue weighted by atomic mass is 16.2. The number of rotatable bonds is 3. The Hall–Kier alpha value is -2.82. The van der Waals surface area contributed by atoms with Gasteiger partial charge in [0.15, 0.2) is 0 Å². The van der Waals surface area contributed by atoms with Crippen molar-refractivity contribution in [3.05, 3.63) is 59.7 Å². The lowest BCUT2D eigenvalue weighted by Gasteiger charge is -2.35. The molecule has 0 unspecified atom stereocenters. The maximum Gasteiger partial charge on any atom is 0.253 e. The number of benzene rings is 2. The van der Waals surface area contributed by atoms with E-state index in [4.69, 9.17) is 4.98 Å². The topological polar surface area (TPSA) is 41.4 Å². The lowest BCUT2D eigenvalue weighted by atomic mass is 10.1. The number of anilines is 1. The Morgan fingerprint density at radius 1 is 1.00 bits per heavy atom. The number of amides is 1. The molecule has 3 aromatic rings. The molecule has 1 aromatic heterocycles. The number of imidazole rings is 1. The van der Waals surface area contributed by atoms with Gasteiger partial charge in [0.1, 0.15) is 0 Å². The molecule has 5 nitrogen and oxygen atoms in total. The Balaban J connectivity index is 1.50.